The Bertz CT molecular complexity index is 1660. The molecule has 0 saturated carbocycles. The Morgan fingerprint density at radius 2 is 1.74 bits per heavy atom. The lowest BCUT2D eigenvalue weighted by atomic mass is 9.96. The Labute approximate surface area is 273 Å². The lowest BCUT2D eigenvalue weighted by Crippen LogP contribution is -2.42. The molecule has 5 rings (SSSR count). The molecule has 4 heterocycles. The molecule has 1 fully saturated rings. The molecule has 2 aliphatic heterocycles. The number of pyridine rings is 2. The predicted molar refractivity (Wildman–Crippen MR) is 177 cm³/mol. The SMILES string of the molecule is CC1CCNC1.Cc1c(-c2cc3cc(NC(=O)O)ncc3c(NC(=O)OC(C)(C)C)c2F)cnc2c1N(C(=O)OC(C)(C)C)CCO2. The second-order valence-corrected chi connectivity index (χ2v) is 13.5. The van der Waals surface area contributed by atoms with Crippen molar-refractivity contribution in [3.63, 3.8) is 0 Å². The first kappa shape index (κ1) is 35.1. The number of rotatable bonds is 3. The van der Waals surface area contributed by atoms with Crippen molar-refractivity contribution in [3.8, 4) is 17.0 Å². The number of hydrogen-bond acceptors (Lipinski definition) is 9. The summed E-state index contributed by atoms with van der Waals surface area (Å²) in [6.45, 7) is 17.1. The number of carbonyl (C=O) groups is 3. The first-order valence-electron chi connectivity index (χ1n) is 15.4. The van der Waals surface area contributed by atoms with Crippen molar-refractivity contribution in [2.75, 3.05) is 41.8 Å². The summed E-state index contributed by atoms with van der Waals surface area (Å²) in [4.78, 5) is 46.7. The maximum Gasteiger partial charge on any atom is 0.415 e. The van der Waals surface area contributed by atoms with E-state index in [1.807, 2.05) is 0 Å². The number of nitrogens with zero attached hydrogens (tertiary/aromatic N) is 3. The third-order valence-electron chi connectivity index (χ3n) is 7.13. The molecule has 1 saturated heterocycles. The Kier molecular flexibility index (Phi) is 10.4. The second kappa shape index (κ2) is 14.0. The summed E-state index contributed by atoms with van der Waals surface area (Å²) in [6.07, 6.45) is 1.20. The molecule has 4 N–H and O–H groups in total. The van der Waals surface area contributed by atoms with Crippen LogP contribution in [0.2, 0.25) is 0 Å². The summed E-state index contributed by atoms with van der Waals surface area (Å²) in [5.74, 6) is 0.309. The van der Waals surface area contributed by atoms with E-state index >= 15 is 4.39 Å². The van der Waals surface area contributed by atoms with Gasteiger partial charge in [-0.2, -0.15) is 0 Å². The largest absolute Gasteiger partial charge is 0.474 e. The Balaban J connectivity index is 0.000000748. The van der Waals surface area contributed by atoms with Crippen LogP contribution >= 0.6 is 0 Å². The van der Waals surface area contributed by atoms with E-state index in [0.717, 1.165) is 5.92 Å². The van der Waals surface area contributed by atoms with E-state index in [2.05, 4.69) is 32.8 Å². The molecule has 47 heavy (non-hydrogen) atoms. The van der Waals surface area contributed by atoms with E-state index in [4.69, 9.17) is 19.3 Å². The van der Waals surface area contributed by atoms with Crippen molar-refractivity contribution >= 4 is 46.2 Å². The molecule has 13 nitrogen and oxygen atoms in total. The van der Waals surface area contributed by atoms with Gasteiger partial charge < -0.3 is 24.6 Å². The van der Waals surface area contributed by atoms with Crippen LogP contribution in [0.1, 0.15) is 60.5 Å². The molecule has 1 aromatic carbocycles. The van der Waals surface area contributed by atoms with Crippen LogP contribution in [0.25, 0.3) is 21.9 Å². The average Bonchev–Trinajstić information content (AvgIpc) is 3.43. The molecular formula is C33H43FN6O7. The van der Waals surface area contributed by atoms with Gasteiger partial charge in [0.25, 0.3) is 0 Å². The molecule has 2 aromatic heterocycles. The minimum absolute atomic E-state index is 0.00411. The number of halogens is 1. The highest BCUT2D eigenvalue weighted by Crippen LogP contribution is 2.42. The molecule has 3 amide bonds. The van der Waals surface area contributed by atoms with Crippen molar-refractivity contribution in [2.24, 2.45) is 5.92 Å². The number of carboxylic acid groups (broad SMARTS) is 1. The quantitative estimate of drug-likeness (QED) is 0.233. The highest BCUT2D eigenvalue weighted by molar-refractivity contribution is 6.04. The van der Waals surface area contributed by atoms with Gasteiger partial charge in [-0.15, -0.1) is 0 Å². The van der Waals surface area contributed by atoms with Crippen molar-refractivity contribution in [1.29, 1.82) is 0 Å². The van der Waals surface area contributed by atoms with Crippen LogP contribution < -0.4 is 25.6 Å². The van der Waals surface area contributed by atoms with E-state index in [0.29, 0.717) is 22.2 Å². The first-order chi connectivity index (χ1) is 21.9. The highest BCUT2D eigenvalue weighted by Gasteiger charge is 2.32. The van der Waals surface area contributed by atoms with Gasteiger partial charge in [0, 0.05) is 28.9 Å². The van der Waals surface area contributed by atoms with Gasteiger partial charge in [0.1, 0.15) is 29.3 Å². The summed E-state index contributed by atoms with van der Waals surface area (Å²) >= 11 is 0. The van der Waals surface area contributed by atoms with Gasteiger partial charge in [-0.05, 0) is 97.0 Å². The summed E-state index contributed by atoms with van der Waals surface area (Å²) in [5, 5.41) is 17.6. The normalized spacial score (nSPS) is 15.9. The molecule has 3 aromatic rings. The summed E-state index contributed by atoms with van der Waals surface area (Å²) in [6, 6.07) is 2.89. The number of nitrogens with one attached hydrogen (secondary N) is 3. The number of carbonyl (C=O) groups excluding carboxylic acids is 2. The standard InChI is InChI=1S/C28H32FN5O7.C5H11N/c1-14-17(12-31-23-22(14)34(8-9-39-23)26(38)41-28(5,6)7)16-10-15-11-19(32-24(35)36)30-13-18(15)21(20(16)29)33-25(37)40-27(2,3)4;1-5-2-3-6-4-5/h10-13H,8-9H2,1-7H3,(H,30,32)(H,33,37)(H,35,36);5-6H,2-4H2,1H3. The zero-order valence-electron chi connectivity index (χ0n) is 28.0. The average molecular weight is 655 g/mol. The Hall–Kier alpha value is -4.72. The summed E-state index contributed by atoms with van der Waals surface area (Å²) in [7, 11) is 0. The zero-order valence-corrected chi connectivity index (χ0v) is 28.0. The summed E-state index contributed by atoms with van der Waals surface area (Å²) < 4.78 is 32.9. The third kappa shape index (κ3) is 8.97. The van der Waals surface area contributed by atoms with Crippen LogP contribution in [-0.4, -0.2) is 70.8 Å². The van der Waals surface area contributed by atoms with Crippen LogP contribution in [0.4, 0.5) is 36.0 Å². The molecular weight excluding hydrogens is 611 g/mol. The van der Waals surface area contributed by atoms with Crippen LogP contribution in [0.5, 0.6) is 5.88 Å². The fourth-order valence-electron chi connectivity index (χ4n) is 5.08. The van der Waals surface area contributed by atoms with Gasteiger partial charge in [-0.1, -0.05) is 6.92 Å². The summed E-state index contributed by atoms with van der Waals surface area (Å²) in [5.41, 5.74) is -0.700. The van der Waals surface area contributed by atoms with Crippen molar-refractivity contribution < 1.29 is 38.1 Å². The lowest BCUT2D eigenvalue weighted by molar-refractivity contribution is 0.0564. The number of anilines is 3. The number of benzene rings is 1. The highest BCUT2D eigenvalue weighted by atomic mass is 19.1. The Morgan fingerprint density at radius 3 is 2.32 bits per heavy atom. The van der Waals surface area contributed by atoms with E-state index in [9.17, 15) is 14.4 Å². The van der Waals surface area contributed by atoms with E-state index in [-0.39, 0.29) is 41.5 Å². The number of hydrogen-bond donors (Lipinski definition) is 4. The predicted octanol–water partition coefficient (Wildman–Crippen LogP) is 6.93. The maximum atomic E-state index is 16.3. The van der Waals surface area contributed by atoms with Gasteiger partial charge in [-0.25, -0.2) is 28.7 Å². The molecule has 0 spiro atoms. The molecule has 254 valence electrons. The minimum atomic E-state index is -1.33. The molecule has 1 unspecified atom stereocenters. The monoisotopic (exact) mass is 654 g/mol. The van der Waals surface area contributed by atoms with E-state index in [1.165, 1.54) is 48.9 Å². The molecule has 2 aliphatic rings. The molecule has 14 heteroatoms. The lowest BCUT2D eigenvalue weighted by Gasteiger charge is -2.32. The molecule has 1 atom stereocenters. The van der Waals surface area contributed by atoms with Crippen LogP contribution in [0.15, 0.2) is 24.5 Å². The number of fused-ring (bicyclic) bond motifs is 2. The van der Waals surface area contributed by atoms with Gasteiger partial charge in [0.05, 0.1) is 12.2 Å². The number of amides is 3. The van der Waals surface area contributed by atoms with Gasteiger partial charge in [0.15, 0.2) is 5.82 Å². The molecule has 0 bridgehead atoms. The van der Waals surface area contributed by atoms with E-state index < -0.39 is 35.3 Å². The van der Waals surface area contributed by atoms with Crippen molar-refractivity contribution in [2.45, 2.75) is 73.0 Å². The number of aromatic nitrogens is 2. The van der Waals surface area contributed by atoms with E-state index in [1.54, 1.807) is 48.5 Å². The minimum Gasteiger partial charge on any atom is -0.474 e. The van der Waals surface area contributed by atoms with Crippen LogP contribution in [0.3, 0.4) is 0 Å². The second-order valence-electron chi connectivity index (χ2n) is 13.5. The molecule has 0 radical (unpaired) electrons. The zero-order chi connectivity index (χ0) is 34.7. The van der Waals surface area contributed by atoms with Crippen molar-refractivity contribution in [3.05, 3.63) is 35.9 Å². The fourth-order valence-corrected chi connectivity index (χ4v) is 5.08. The van der Waals surface area contributed by atoms with Gasteiger partial charge in [-0.3, -0.25) is 15.5 Å². The Morgan fingerprint density at radius 1 is 1.04 bits per heavy atom. The third-order valence-corrected chi connectivity index (χ3v) is 7.13. The molecule has 0 aliphatic carbocycles. The van der Waals surface area contributed by atoms with Gasteiger partial charge >= 0.3 is 18.3 Å². The smallest absolute Gasteiger partial charge is 0.415 e. The fraction of sp³-hybridized carbons (Fsp3) is 0.485. The first-order valence-corrected chi connectivity index (χ1v) is 15.4. The maximum absolute atomic E-state index is 16.3. The number of ether oxygens (including phenoxy) is 3. The van der Waals surface area contributed by atoms with Crippen LogP contribution in [-0.2, 0) is 9.47 Å². The van der Waals surface area contributed by atoms with Crippen LogP contribution in [0, 0.1) is 18.7 Å². The van der Waals surface area contributed by atoms with Gasteiger partial charge in [0.2, 0.25) is 5.88 Å². The van der Waals surface area contributed by atoms with Crippen molar-refractivity contribution in [1.82, 2.24) is 15.3 Å². The topological polar surface area (TPSA) is 164 Å².